The Morgan fingerprint density at radius 1 is 1.42 bits per heavy atom. The Morgan fingerprint density at radius 2 is 2.21 bits per heavy atom. The lowest BCUT2D eigenvalue weighted by Gasteiger charge is -2.28. The summed E-state index contributed by atoms with van der Waals surface area (Å²) < 4.78 is 13.6. The van der Waals surface area contributed by atoms with Gasteiger partial charge in [-0.2, -0.15) is 0 Å². The van der Waals surface area contributed by atoms with Crippen LogP contribution < -0.4 is 5.32 Å². The predicted molar refractivity (Wildman–Crippen MR) is 73.5 cm³/mol. The molecule has 1 heterocycles. The van der Waals surface area contributed by atoms with E-state index in [2.05, 4.69) is 21.2 Å². The molecule has 0 saturated carbocycles. The first kappa shape index (κ1) is 14.4. The van der Waals surface area contributed by atoms with Crippen LogP contribution >= 0.6 is 15.9 Å². The summed E-state index contributed by atoms with van der Waals surface area (Å²) in [6, 6.07) is 3.40. The van der Waals surface area contributed by atoms with Crippen molar-refractivity contribution in [2.45, 2.75) is 12.5 Å². The molecule has 1 atom stereocenters. The Labute approximate surface area is 119 Å². The van der Waals surface area contributed by atoms with Crippen molar-refractivity contribution in [3.63, 3.8) is 0 Å². The predicted octanol–water partition coefficient (Wildman–Crippen LogP) is 2.01. The van der Waals surface area contributed by atoms with E-state index in [0.29, 0.717) is 23.1 Å². The first-order chi connectivity index (χ1) is 9.09. The molecule has 1 saturated heterocycles. The van der Waals surface area contributed by atoms with E-state index in [1.165, 1.54) is 18.2 Å². The van der Waals surface area contributed by atoms with Gasteiger partial charge in [-0.3, -0.25) is 9.69 Å². The van der Waals surface area contributed by atoms with Gasteiger partial charge in [0.15, 0.2) is 0 Å². The minimum absolute atomic E-state index is 0.378. The minimum Gasteiger partial charge on any atom is -0.480 e. The molecule has 1 aliphatic heterocycles. The second kappa shape index (κ2) is 6.45. The fourth-order valence-electron chi connectivity index (χ4n) is 2.33. The van der Waals surface area contributed by atoms with E-state index in [4.69, 9.17) is 0 Å². The second-order valence-corrected chi connectivity index (χ2v) is 5.40. The maximum absolute atomic E-state index is 13.1. The number of hydrogen-bond acceptors (Lipinski definition) is 3. The Balaban J connectivity index is 2.30. The maximum Gasteiger partial charge on any atom is 0.325 e. The number of halogens is 2. The fourth-order valence-corrected chi connectivity index (χ4v) is 2.90. The van der Waals surface area contributed by atoms with Gasteiger partial charge < -0.3 is 10.4 Å². The molecule has 19 heavy (non-hydrogen) atoms. The minimum atomic E-state index is -0.908. The van der Waals surface area contributed by atoms with E-state index < -0.39 is 12.0 Å². The highest BCUT2D eigenvalue weighted by atomic mass is 79.9. The van der Waals surface area contributed by atoms with Crippen LogP contribution in [0.4, 0.5) is 4.39 Å². The van der Waals surface area contributed by atoms with E-state index >= 15 is 0 Å². The Hall–Kier alpha value is -0.980. The molecule has 0 amide bonds. The topological polar surface area (TPSA) is 52.6 Å². The lowest BCUT2D eigenvalue weighted by atomic mass is 10.0. The fraction of sp³-hybridized carbons (Fsp3) is 0.462. The number of nitrogens with zero attached hydrogens (tertiary/aromatic N) is 1. The van der Waals surface area contributed by atoms with Gasteiger partial charge in [-0.25, -0.2) is 4.39 Å². The van der Waals surface area contributed by atoms with Crippen LogP contribution in [0.2, 0.25) is 0 Å². The van der Waals surface area contributed by atoms with Crippen LogP contribution in [-0.2, 0) is 4.79 Å². The summed E-state index contributed by atoms with van der Waals surface area (Å²) in [5.74, 6) is -1.29. The van der Waals surface area contributed by atoms with Crippen LogP contribution in [0.5, 0.6) is 0 Å². The van der Waals surface area contributed by atoms with Gasteiger partial charge in [0.25, 0.3) is 0 Å². The number of carbonyl (C=O) groups is 1. The van der Waals surface area contributed by atoms with Gasteiger partial charge in [0.2, 0.25) is 0 Å². The molecular formula is C13H16BrFN2O2. The molecule has 2 N–H and O–H groups in total. The molecule has 1 aromatic rings. The Bertz CT molecular complexity index is 462. The van der Waals surface area contributed by atoms with Crippen molar-refractivity contribution in [1.82, 2.24) is 10.2 Å². The quantitative estimate of drug-likeness (QED) is 0.890. The average molecular weight is 331 g/mol. The van der Waals surface area contributed by atoms with E-state index in [1.54, 1.807) is 0 Å². The van der Waals surface area contributed by atoms with Crippen LogP contribution in [0.15, 0.2) is 22.7 Å². The lowest BCUT2D eigenvalue weighted by molar-refractivity contribution is -0.143. The number of aliphatic carboxylic acids is 1. The van der Waals surface area contributed by atoms with Crippen molar-refractivity contribution in [3.8, 4) is 0 Å². The highest BCUT2D eigenvalue weighted by Gasteiger charge is 2.29. The first-order valence-electron chi connectivity index (χ1n) is 6.22. The smallest absolute Gasteiger partial charge is 0.325 e. The second-order valence-electron chi connectivity index (χ2n) is 4.55. The highest BCUT2D eigenvalue weighted by molar-refractivity contribution is 9.10. The van der Waals surface area contributed by atoms with Crippen LogP contribution in [0.3, 0.4) is 0 Å². The highest BCUT2D eigenvalue weighted by Crippen LogP contribution is 2.29. The molecule has 1 fully saturated rings. The number of hydrogen-bond donors (Lipinski definition) is 2. The van der Waals surface area contributed by atoms with Gasteiger partial charge in [0.05, 0.1) is 0 Å². The molecule has 2 rings (SSSR count). The van der Waals surface area contributed by atoms with Crippen molar-refractivity contribution < 1.29 is 14.3 Å². The van der Waals surface area contributed by atoms with Crippen molar-refractivity contribution in [2.24, 2.45) is 0 Å². The zero-order chi connectivity index (χ0) is 13.8. The SMILES string of the molecule is O=C(O)C(c1ccc(F)cc1Br)N1CCCNCC1. The van der Waals surface area contributed by atoms with Gasteiger partial charge in [-0.15, -0.1) is 0 Å². The number of carboxylic acid groups (broad SMARTS) is 1. The summed E-state index contributed by atoms with van der Waals surface area (Å²) in [6.45, 7) is 3.05. The molecule has 1 aliphatic rings. The molecule has 4 nitrogen and oxygen atoms in total. The summed E-state index contributed by atoms with van der Waals surface area (Å²) in [7, 11) is 0. The molecule has 1 aromatic carbocycles. The van der Waals surface area contributed by atoms with Gasteiger partial charge in [0, 0.05) is 24.1 Å². The monoisotopic (exact) mass is 330 g/mol. The summed E-state index contributed by atoms with van der Waals surface area (Å²) in [6.07, 6.45) is 0.905. The number of carboxylic acids is 1. The average Bonchev–Trinajstić information content (AvgIpc) is 2.61. The first-order valence-corrected chi connectivity index (χ1v) is 7.01. The molecule has 0 spiro atoms. The molecule has 0 radical (unpaired) electrons. The van der Waals surface area contributed by atoms with E-state index in [-0.39, 0.29) is 5.82 Å². The molecule has 0 aromatic heterocycles. The van der Waals surface area contributed by atoms with Crippen LogP contribution in [-0.4, -0.2) is 42.2 Å². The molecular weight excluding hydrogens is 315 g/mol. The van der Waals surface area contributed by atoms with Crippen molar-refractivity contribution >= 4 is 21.9 Å². The molecule has 1 unspecified atom stereocenters. The maximum atomic E-state index is 13.1. The summed E-state index contributed by atoms with van der Waals surface area (Å²) >= 11 is 3.26. The van der Waals surface area contributed by atoms with Crippen LogP contribution in [0, 0.1) is 5.82 Å². The zero-order valence-electron chi connectivity index (χ0n) is 10.4. The number of rotatable bonds is 3. The van der Waals surface area contributed by atoms with Crippen molar-refractivity contribution in [2.75, 3.05) is 26.2 Å². The normalized spacial score (nSPS) is 18.8. The lowest BCUT2D eigenvalue weighted by Crippen LogP contribution is -2.36. The third-order valence-corrected chi connectivity index (χ3v) is 3.92. The molecule has 6 heteroatoms. The zero-order valence-corrected chi connectivity index (χ0v) is 12.0. The van der Waals surface area contributed by atoms with Crippen molar-refractivity contribution in [3.05, 3.63) is 34.1 Å². The Morgan fingerprint density at radius 3 is 2.89 bits per heavy atom. The summed E-state index contributed by atoms with van der Waals surface area (Å²) in [4.78, 5) is 13.5. The molecule has 0 bridgehead atoms. The Kier molecular flexibility index (Phi) is 4.90. The summed E-state index contributed by atoms with van der Waals surface area (Å²) in [5.41, 5.74) is 0.593. The van der Waals surface area contributed by atoms with Gasteiger partial charge in [-0.05, 0) is 30.7 Å². The molecule has 104 valence electrons. The summed E-state index contributed by atoms with van der Waals surface area (Å²) in [5, 5.41) is 12.7. The van der Waals surface area contributed by atoms with Crippen LogP contribution in [0.25, 0.3) is 0 Å². The van der Waals surface area contributed by atoms with E-state index in [1.807, 2.05) is 4.90 Å². The largest absolute Gasteiger partial charge is 0.480 e. The van der Waals surface area contributed by atoms with Gasteiger partial charge in [-0.1, -0.05) is 22.0 Å². The van der Waals surface area contributed by atoms with Crippen molar-refractivity contribution in [1.29, 1.82) is 0 Å². The van der Waals surface area contributed by atoms with Crippen LogP contribution in [0.1, 0.15) is 18.0 Å². The third kappa shape index (κ3) is 3.52. The number of benzene rings is 1. The van der Waals surface area contributed by atoms with E-state index in [9.17, 15) is 14.3 Å². The third-order valence-electron chi connectivity index (χ3n) is 3.23. The standard InChI is InChI=1S/C13H16BrFN2O2/c14-11-8-9(15)2-3-10(11)12(13(18)19)17-6-1-4-16-5-7-17/h2-3,8,12,16H,1,4-7H2,(H,18,19). The van der Waals surface area contributed by atoms with E-state index in [0.717, 1.165) is 19.5 Å². The molecule has 0 aliphatic carbocycles. The number of nitrogens with one attached hydrogen (secondary N) is 1. The van der Waals surface area contributed by atoms with Gasteiger partial charge in [0.1, 0.15) is 11.9 Å². The van der Waals surface area contributed by atoms with Gasteiger partial charge >= 0.3 is 5.97 Å².